The van der Waals surface area contributed by atoms with Crippen LogP contribution >= 0.6 is 0 Å². The lowest BCUT2D eigenvalue weighted by molar-refractivity contribution is -0.889. The lowest BCUT2D eigenvalue weighted by Gasteiger charge is -2.29. The molecule has 0 aliphatic heterocycles. The molecule has 0 aliphatic carbocycles. The summed E-state index contributed by atoms with van der Waals surface area (Å²) in [5.41, 5.74) is 0. The quantitative estimate of drug-likeness (QED) is 0.279. The molecule has 0 unspecified atom stereocenters. The fraction of sp³-hybridized carbons (Fsp3) is 0.727. The third kappa shape index (κ3) is 10.2. The minimum absolute atomic E-state index is 0.226. The fourth-order valence-electron chi connectivity index (χ4n) is 1.42. The second kappa shape index (κ2) is 6.86. The Balaban J connectivity index is 4.00. The van der Waals surface area contributed by atoms with E-state index in [-0.39, 0.29) is 24.6 Å². The number of hydrogen-bond donors (Lipinski definition) is 0. The molecule has 6 nitrogen and oxygen atoms in total. The molecule has 0 heterocycles. The van der Waals surface area contributed by atoms with Crippen molar-refractivity contribution >= 4 is 16.1 Å². The molecule has 0 aliphatic rings. The van der Waals surface area contributed by atoms with Gasteiger partial charge in [-0.1, -0.05) is 6.58 Å². The van der Waals surface area contributed by atoms with Crippen LogP contribution in [0, 0.1) is 0 Å². The summed E-state index contributed by atoms with van der Waals surface area (Å²) < 4.78 is 36.6. The highest BCUT2D eigenvalue weighted by molar-refractivity contribution is 7.85. The highest BCUT2D eigenvalue weighted by atomic mass is 32.2. The Morgan fingerprint density at radius 3 is 2.33 bits per heavy atom. The molecular weight excluding hydrogens is 258 g/mol. The molecule has 0 amide bonds. The van der Waals surface area contributed by atoms with Gasteiger partial charge in [0.1, 0.15) is 0 Å². The topological polar surface area (TPSA) is 83.5 Å². The van der Waals surface area contributed by atoms with Crippen molar-refractivity contribution in [1.29, 1.82) is 0 Å². The average Bonchev–Trinajstić information content (AvgIpc) is 2.11. The molecule has 0 saturated heterocycles. The molecule has 0 aromatic heterocycles. The van der Waals surface area contributed by atoms with Gasteiger partial charge >= 0.3 is 5.97 Å². The van der Waals surface area contributed by atoms with Crippen molar-refractivity contribution in [3.05, 3.63) is 12.3 Å². The second-order valence-electron chi connectivity index (χ2n) is 4.92. The zero-order chi connectivity index (χ0) is 14.4. The van der Waals surface area contributed by atoms with E-state index in [1.54, 1.807) is 6.92 Å². The number of ether oxygens (including phenoxy) is 1. The van der Waals surface area contributed by atoms with Crippen LogP contribution in [-0.2, 0) is 19.6 Å². The third-order valence-corrected chi connectivity index (χ3v) is 3.16. The minimum Gasteiger partial charge on any atom is -0.748 e. The van der Waals surface area contributed by atoms with E-state index in [0.29, 0.717) is 23.3 Å². The van der Waals surface area contributed by atoms with Gasteiger partial charge in [-0.3, -0.25) is 4.79 Å². The van der Waals surface area contributed by atoms with E-state index in [1.807, 2.05) is 14.1 Å². The van der Waals surface area contributed by atoms with Gasteiger partial charge in [-0.25, -0.2) is 8.42 Å². The van der Waals surface area contributed by atoms with Crippen LogP contribution < -0.4 is 0 Å². The molecule has 0 spiro atoms. The number of hydrogen-bond acceptors (Lipinski definition) is 5. The van der Waals surface area contributed by atoms with Crippen LogP contribution in [-0.4, -0.2) is 56.4 Å². The van der Waals surface area contributed by atoms with Gasteiger partial charge in [0.25, 0.3) is 0 Å². The summed E-state index contributed by atoms with van der Waals surface area (Å²) in [7, 11) is -0.424. The molecule has 106 valence electrons. The first-order chi connectivity index (χ1) is 8.02. The monoisotopic (exact) mass is 279 g/mol. The molecule has 0 atom stereocenters. The van der Waals surface area contributed by atoms with Crippen molar-refractivity contribution in [2.75, 3.05) is 32.9 Å². The predicted molar refractivity (Wildman–Crippen MR) is 66.5 cm³/mol. The summed E-state index contributed by atoms with van der Waals surface area (Å²) in [6.45, 7) is 6.10. The minimum atomic E-state index is -4.16. The number of esters is 1. The molecular formula is C11H21NO5S. The van der Waals surface area contributed by atoms with Gasteiger partial charge < -0.3 is 13.8 Å². The van der Waals surface area contributed by atoms with E-state index in [4.69, 9.17) is 4.74 Å². The fourth-order valence-corrected chi connectivity index (χ4v) is 1.90. The van der Waals surface area contributed by atoms with E-state index in [1.165, 1.54) is 0 Å². The summed E-state index contributed by atoms with van der Waals surface area (Å²) in [4.78, 5) is 11.3. The molecule has 18 heavy (non-hydrogen) atoms. The zero-order valence-corrected chi connectivity index (χ0v) is 12.0. The van der Waals surface area contributed by atoms with Gasteiger partial charge in [0, 0.05) is 12.2 Å². The normalized spacial score (nSPS) is 12.2. The van der Waals surface area contributed by atoms with E-state index >= 15 is 0 Å². The first-order valence-corrected chi connectivity index (χ1v) is 7.21. The maximum atomic E-state index is 11.3. The summed E-state index contributed by atoms with van der Waals surface area (Å²) in [6, 6.07) is 0. The van der Waals surface area contributed by atoms with E-state index < -0.39 is 10.1 Å². The first kappa shape index (κ1) is 17.1. The summed E-state index contributed by atoms with van der Waals surface area (Å²) in [5.74, 6) is -0.377. The Kier molecular flexibility index (Phi) is 6.51. The molecule has 0 fully saturated rings. The summed E-state index contributed by atoms with van der Waals surface area (Å²) >= 11 is 0. The molecule has 0 N–H and O–H groups in total. The number of carbonyl (C=O) groups excluding carboxylic acids is 1. The van der Waals surface area contributed by atoms with Crippen LogP contribution in [0.2, 0.25) is 0 Å². The Hall–Kier alpha value is -0.920. The number of carbonyl (C=O) groups is 1. The maximum Gasteiger partial charge on any atom is 0.316 e. The molecule has 0 aromatic carbocycles. The number of quaternary nitrogens is 1. The van der Waals surface area contributed by atoms with Gasteiger partial charge in [0.2, 0.25) is 0 Å². The lowest BCUT2D eigenvalue weighted by atomic mass is 10.3. The lowest BCUT2D eigenvalue weighted by Crippen LogP contribution is -2.42. The number of rotatable bonds is 8. The van der Waals surface area contributed by atoms with Crippen LogP contribution in [0.25, 0.3) is 0 Å². The van der Waals surface area contributed by atoms with Gasteiger partial charge in [0.05, 0.1) is 49.5 Å². The number of allylic oxidation sites excluding steroid dienone is 1. The van der Waals surface area contributed by atoms with Crippen molar-refractivity contribution in [3.63, 3.8) is 0 Å². The van der Waals surface area contributed by atoms with Crippen molar-refractivity contribution in [2.45, 2.75) is 19.8 Å². The van der Waals surface area contributed by atoms with Gasteiger partial charge in [-0.2, -0.15) is 0 Å². The summed E-state index contributed by atoms with van der Waals surface area (Å²) in [5, 5.41) is 0. The van der Waals surface area contributed by atoms with Crippen molar-refractivity contribution in [1.82, 2.24) is 0 Å². The second-order valence-corrected chi connectivity index (χ2v) is 6.45. The molecule has 0 radical (unpaired) electrons. The molecule has 0 bridgehead atoms. The molecule has 0 aromatic rings. The van der Waals surface area contributed by atoms with Crippen LogP contribution in [0.1, 0.15) is 19.8 Å². The third-order valence-electron chi connectivity index (χ3n) is 2.37. The highest BCUT2D eigenvalue weighted by Crippen LogP contribution is 2.05. The first-order valence-electron chi connectivity index (χ1n) is 5.64. The van der Waals surface area contributed by atoms with Gasteiger partial charge in [-0.15, -0.1) is 0 Å². The van der Waals surface area contributed by atoms with E-state index in [9.17, 15) is 17.8 Å². The predicted octanol–water partition coefficient (Wildman–Crippen LogP) is 0.465. The van der Waals surface area contributed by atoms with Crippen molar-refractivity contribution in [3.8, 4) is 0 Å². The maximum absolute atomic E-state index is 11.3. The average molecular weight is 279 g/mol. The Morgan fingerprint density at radius 2 is 1.89 bits per heavy atom. The van der Waals surface area contributed by atoms with Gasteiger partial charge in [-0.05, 0) is 6.92 Å². The Labute approximate surface area is 109 Å². The van der Waals surface area contributed by atoms with E-state index in [2.05, 4.69) is 6.58 Å². The molecule has 0 rings (SSSR count). The van der Waals surface area contributed by atoms with Gasteiger partial charge in [0.15, 0.2) is 0 Å². The number of nitrogens with zero attached hydrogens (tertiary/aromatic N) is 1. The van der Waals surface area contributed by atoms with E-state index in [0.717, 1.165) is 0 Å². The summed E-state index contributed by atoms with van der Waals surface area (Å²) in [6.07, 6.45) is 0.512. The Bertz CT molecular complexity index is 400. The van der Waals surface area contributed by atoms with Crippen LogP contribution in [0.4, 0.5) is 0 Å². The van der Waals surface area contributed by atoms with Crippen molar-refractivity contribution in [2.24, 2.45) is 0 Å². The smallest absolute Gasteiger partial charge is 0.316 e. The van der Waals surface area contributed by atoms with Crippen LogP contribution in [0.5, 0.6) is 0 Å². The Morgan fingerprint density at radius 1 is 1.33 bits per heavy atom. The molecule has 7 heteroatoms. The van der Waals surface area contributed by atoms with Crippen LogP contribution in [0.15, 0.2) is 12.3 Å². The zero-order valence-electron chi connectivity index (χ0n) is 11.1. The highest BCUT2D eigenvalue weighted by Gasteiger charge is 2.18. The standard InChI is InChI=1S/C11H21NO5S/c1-10(2)17-11(13)6-8-12(3,4)7-5-9-18(14,15)16/h1,5-9H2,2-4H3. The SMILES string of the molecule is C=C(C)OC(=O)CC[N+](C)(C)CCCS(=O)(=O)[O-]. The van der Waals surface area contributed by atoms with Crippen LogP contribution in [0.3, 0.4) is 0 Å². The van der Waals surface area contributed by atoms with Crippen molar-refractivity contribution < 1.29 is 27.0 Å². The molecule has 0 saturated carbocycles. The largest absolute Gasteiger partial charge is 0.748 e.